The number of nitrogens with zero attached hydrogens (tertiary/aromatic N) is 2. The minimum absolute atomic E-state index is 0.0454. The number of hydrogen-bond donors (Lipinski definition) is 1. The van der Waals surface area contributed by atoms with Crippen LogP contribution in [0.5, 0.6) is 0 Å². The van der Waals surface area contributed by atoms with E-state index in [1.165, 1.54) is 12.3 Å². The summed E-state index contributed by atoms with van der Waals surface area (Å²) in [6, 6.07) is 12.5. The number of fused-ring (bicyclic) bond motifs is 4. The van der Waals surface area contributed by atoms with Gasteiger partial charge in [-0.05, 0) is 65.1 Å². The molecule has 0 radical (unpaired) electrons. The Hall–Kier alpha value is -3.76. The van der Waals surface area contributed by atoms with E-state index in [0.717, 1.165) is 16.7 Å². The van der Waals surface area contributed by atoms with Gasteiger partial charge in [-0.1, -0.05) is 24.0 Å². The number of aromatic nitrogens is 1. The Morgan fingerprint density at radius 2 is 1.94 bits per heavy atom. The lowest BCUT2D eigenvalue weighted by Gasteiger charge is -2.40. The van der Waals surface area contributed by atoms with Gasteiger partial charge in [-0.2, -0.15) is 4.39 Å². The zero-order valence-corrected chi connectivity index (χ0v) is 19.2. The molecule has 5 nitrogen and oxygen atoms in total. The van der Waals surface area contributed by atoms with Crippen molar-refractivity contribution in [1.29, 1.82) is 0 Å². The monoisotopic (exact) mass is 471 g/mol. The molecule has 3 aromatic rings. The van der Waals surface area contributed by atoms with Crippen molar-refractivity contribution >= 4 is 6.02 Å². The standard InChI is InChI=1S/C28H23F2N3O2/c1-27(15-34-16-27)7-6-17-11-23-21(24(29)12-17)13-19-5-4-18(20-3-2-9-32-25(20)30)14-22(19)28(23)8-10-35-26(31)33-28/h2-5,9,11-12,14H,8,10,13,15-16H2,1H3,(H2,31,33). The van der Waals surface area contributed by atoms with Gasteiger partial charge in [0.2, 0.25) is 5.95 Å². The van der Waals surface area contributed by atoms with Gasteiger partial charge in [-0.3, -0.25) is 0 Å². The number of nitrogens with two attached hydrogens (primary N) is 1. The molecule has 3 aliphatic rings. The largest absolute Gasteiger partial charge is 0.465 e. The van der Waals surface area contributed by atoms with Crippen LogP contribution in [0.1, 0.15) is 41.2 Å². The lowest BCUT2D eigenvalue weighted by atomic mass is 9.69. The highest BCUT2D eigenvalue weighted by atomic mass is 19.1. The highest BCUT2D eigenvalue weighted by Crippen LogP contribution is 2.48. The summed E-state index contributed by atoms with van der Waals surface area (Å²) in [6.07, 6.45) is 2.28. The molecule has 35 heavy (non-hydrogen) atoms. The van der Waals surface area contributed by atoms with E-state index in [1.54, 1.807) is 12.1 Å². The lowest BCUT2D eigenvalue weighted by Crippen LogP contribution is -2.40. The first-order valence-electron chi connectivity index (χ1n) is 11.5. The molecule has 0 amide bonds. The smallest absolute Gasteiger partial charge is 0.283 e. The van der Waals surface area contributed by atoms with E-state index in [2.05, 4.69) is 16.8 Å². The van der Waals surface area contributed by atoms with E-state index in [-0.39, 0.29) is 17.3 Å². The zero-order valence-electron chi connectivity index (χ0n) is 19.2. The van der Waals surface area contributed by atoms with E-state index in [4.69, 9.17) is 20.2 Å². The SMILES string of the molecule is CC1(C#Cc2cc(F)c3c(c2)C2(CCOC(N)=N2)c2cc(-c4cccnc4F)ccc2C3)COC1. The number of aliphatic imine (C=N–C) groups is 1. The van der Waals surface area contributed by atoms with Crippen molar-refractivity contribution in [2.45, 2.75) is 25.3 Å². The molecular weight excluding hydrogens is 448 g/mol. The average Bonchev–Trinajstić information content (AvgIpc) is 2.83. The van der Waals surface area contributed by atoms with Crippen LogP contribution < -0.4 is 5.73 Å². The van der Waals surface area contributed by atoms with E-state index in [1.807, 2.05) is 31.2 Å². The third-order valence-electron chi connectivity index (χ3n) is 7.00. The Balaban J connectivity index is 1.55. The third-order valence-corrected chi connectivity index (χ3v) is 7.00. The van der Waals surface area contributed by atoms with Gasteiger partial charge in [0.25, 0.3) is 6.02 Å². The van der Waals surface area contributed by atoms with Crippen molar-refractivity contribution in [3.05, 3.63) is 88.2 Å². The number of benzene rings is 2. The molecule has 1 spiro atoms. The molecule has 1 aromatic heterocycles. The van der Waals surface area contributed by atoms with Gasteiger partial charge in [-0.25, -0.2) is 14.4 Å². The molecule has 1 aliphatic carbocycles. The maximum Gasteiger partial charge on any atom is 0.283 e. The summed E-state index contributed by atoms with van der Waals surface area (Å²) in [4.78, 5) is 8.55. The van der Waals surface area contributed by atoms with Crippen LogP contribution in [0.3, 0.4) is 0 Å². The molecule has 6 rings (SSSR count). The van der Waals surface area contributed by atoms with Gasteiger partial charge in [0.15, 0.2) is 0 Å². The van der Waals surface area contributed by atoms with Crippen LogP contribution in [0.4, 0.5) is 8.78 Å². The minimum Gasteiger partial charge on any atom is -0.465 e. The second-order valence-corrected chi connectivity index (χ2v) is 9.59. The van der Waals surface area contributed by atoms with Gasteiger partial charge in [0, 0.05) is 30.2 Å². The summed E-state index contributed by atoms with van der Waals surface area (Å²) >= 11 is 0. The molecule has 3 heterocycles. The van der Waals surface area contributed by atoms with Crippen molar-refractivity contribution in [3.63, 3.8) is 0 Å². The number of amidine groups is 1. The Morgan fingerprint density at radius 1 is 1.09 bits per heavy atom. The van der Waals surface area contributed by atoms with Gasteiger partial charge in [0.1, 0.15) is 11.4 Å². The Bertz CT molecular complexity index is 1450. The van der Waals surface area contributed by atoms with E-state index in [0.29, 0.717) is 54.9 Å². The Labute approximate surface area is 202 Å². The Morgan fingerprint density at radius 3 is 2.69 bits per heavy atom. The predicted molar refractivity (Wildman–Crippen MR) is 128 cm³/mol. The first-order valence-corrected chi connectivity index (χ1v) is 11.5. The number of halogens is 2. The van der Waals surface area contributed by atoms with Crippen LogP contribution in [0.25, 0.3) is 11.1 Å². The molecule has 0 bridgehead atoms. The second-order valence-electron chi connectivity index (χ2n) is 9.59. The third kappa shape index (κ3) is 3.57. The minimum atomic E-state index is -0.956. The van der Waals surface area contributed by atoms with Crippen LogP contribution in [0, 0.1) is 29.0 Å². The average molecular weight is 472 g/mol. The highest BCUT2D eigenvalue weighted by Gasteiger charge is 2.44. The molecule has 2 aromatic carbocycles. The number of ether oxygens (including phenoxy) is 2. The summed E-state index contributed by atoms with van der Waals surface area (Å²) < 4.78 is 40.8. The number of pyridine rings is 1. The molecule has 176 valence electrons. The molecule has 1 fully saturated rings. The fourth-order valence-corrected chi connectivity index (χ4v) is 5.15. The fraction of sp³-hybridized carbons (Fsp3) is 0.286. The molecule has 2 aliphatic heterocycles. The maximum absolute atomic E-state index is 15.5. The molecule has 1 atom stereocenters. The van der Waals surface area contributed by atoms with E-state index >= 15 is 4.39 Å². The molecule has 1 unspecified atom stereocenters. The van der Waals surface area contributed by atoms with Crippen molar-refractivity contribution in [3.8, 4) is 23.0 Å². The first kappa shape index (κ1) is 21.8. The molecule has 0 saturated carbocycles. The van der Waals surface area contributed by atoms with Crippen molar-refractivity contribution in [2.24, 2.45) is 16.1 Å². The highest BCUT2D eigenvalue weighted by molar-refractivity contribution is 5.75. The van der Waals surface area contributed by atoms with Gasteiger partial charge in [0.05, 0.1) is 25.2 Å². The molecular formula is C28H23F2N3O2. The zero-order chi connectivity index (χ0) is 24.2. The topological polar surface area (TPSA) is 69.7 Å². The Kier molecular flexibility index (Phi) is 4.90. The van der Waals surface area contributed by atoms with Gasteiger partial charge < -0.3 is 15.2 Å². The van der Waals surface area contributed by atoms with E-state index in [9.17, 15) is 4.39 Å². The van der Waals surface area contributed by atoms with Crippen molar-refractivity contribution in [1.82, 2.24) is 4.98 Å². The van der Waals surface area contributed by atoms with E-state index < -0.39 is 11.5 Å². The summed E-state index contributed by atoms with van der Waals surface area (Å²) in [6.45, 7) is 3.48. The second kappa shape index (κ2) is 7.89. The lowest BCUT2D eigenvalue weighted by molar-refractivity contribution is -0.0648. The van der Waals surface area contributed by atoms with Crippen LogP contribution in [-0.4, -0.2) is 30.8 Å². The summed E-state index contributed by atoms with van der Waals surface area (Å²) in [5, 5.41) is 0. The molecule has 2 N–H and O–H groups in total. The van der Waals surface area contributed by atoms with Crippen molar-refractivity contribution < 1.29 is 18.3 Å². The molecule has 7 heteroatoms. The quantitative estimate of drug-likeness (QED) is 0.425. The van der Waals surface area contributed by atoms with Gasteiger partial charge in [-0.15, -0.1) is 0 Å². The van der Waals surface area contributed by atoms with Crippen LogP contribution >= 0.6 is 0 Å². The van der Waals surface area contributed by atoms with Crippen molar-refractivity contribution in [2.75, 3.05) is 19.8 Å². The summed E-state index contributed by atoms with van der Waals surface area (Å²) in [5.41, 5.74) is 9.60. The van der Waals surface area contributed by atoms with Crippen LogP contribution in [0.15, 0.2) is 53.7 Å². The first-order chi connectivity index (χ1) is 16.9. The summed E-state index contributed by atoms with van der Waals surface area (Å²) in [5.74, 6) is 5.49. The molecule has 1 saturated heterocycles. The fourth-order valence-electron chi connectivity index (χ4n) is 5.15. The normalized spacial score (nSPS) is 21.5. The van der Waals surface area contributed by atoms with Crippen LogP contribution in [-0.2, 0) is 21.4 Å². The predicted octanol–water partition coefficient (Wildman–Crippen LogP) is 4.30. The number of rotatable bonds is 1. The maximum atomic E-state index is 15.5. The van der Waals surface area contributed by atoms with Gasteiger partial charge >= 0.3 is 0 Å². The number of hydrogen-bond acceptors (Lipinski definition) is 5. The van der Waals surface area contributed by atoms with Crippen LogP contribution in [0.2, 0.25) is 0 Å². The summed E-state index contributed by atoms with van der Waals surface area (Å²) in [7, 11) is 0.